The number of carbonyl (C=O) groups is 7. The van der Waals surface area contributed by atoms with Gasteiger partial charge in [0.1, 0.15) is 24.2 Å². The van der Waals surface area contributed by atoms with Crippen LogP contribution in [0.15, 0.2) is 60.7 Å². The van der Waals surface area contributed by atoms with Crippen LogP contribution in [0.2, 0.25) is 0 Å². The Morgan fingerprint density at radius 2 is 0.969 bits per heavy atom. The van der Waals surface area contributed by atoms with Crippen molar-refractivity contribution in [1.29, 1.82) is 0 Å². The minimum Gasteiger partial charge on any atom is -0.480 e. The second-order valence-electron chi connectivity index (χ2n) is 17.1. The lowest BCUT2D eigenvalue weighted by atomic mass is 10.0. The van der Waals surface area contributed by atoms with Crippen LogP contribution in [0.5, 0.6) is 0 Å². The smallest absolute Gasteiger partial charge is 0.326 e. The topological polar surface area (TPSA) is 289 Å². The molecule has 0 aliphatic rings. The summed E-state index contributed by atoms with van der Waals surface area (Å²) in [6, 6.07) is 11.6. The summed E-state index contributed by atoms with van der Waals surface area (Å²) < 4.78 is 0. The van der Waals surface area contributed by atoms with E-state index in [9.17, 15) is 53.9 Å². The highest BCUT2D eigenvalue weighted by Gasteiger charge is 2.32. The molecule has 6 atom stereocenters. The predicted molar refractivity (Wildman–Crippen MR) is 244 cm³/mol. The van der Waals surface area contributed by atoms with Crippen molar-refractivity contribution in [3.63, 3.8) is 0 Å². The number of nitrogens with two attached hydrogens (primary N) is 1. The van der Waals surface area contributed by atoms with Gasteiger partial charge in [0, 0.05) is 30.6 Å². The number of unbranched alkanes of at least 4 members (excludes halogenated alkanes) is 11. The fourth-order valence-corrected chi connectivity index (χ4v) is 7.23. The number of aliphatic hydroxyl groups is 1. The van der Waals surface area contributed by atoms with Gasteiger partial charge in [-0.25, -0.2) is 4.79 Å². The third-order valence-electron chi connectivity index (χ3n) is 10.8. The number of aliphatic carboxylic acids is 1. The number of carboxylic acid groups (broad SMARTS) is 1. The molecule has 2 rings (SSSR count). The average Bonchev–Trinajstić information content (AvgIpc) is 3.24. The van der Waals surface area contributed by atoms with Gasteiger partial charge < -0.3 is 42.5 Å². The van der Waals surface area contributed by atoms with E-state index in [1.165, 1.54) is 6.92 Å². The molecule has 2 aromatic rings. The molecule has 0 bridgehead atoms. The van der Waals surface area contributed by atoms with Gasteiger partial charge in [-0.05, 0) is 43.2 Å². The zero-order chi connectivity index (χ0) is 48.1. The number of carboxylic acids is 1. The standard InChI is InChI=1S/C47H71N7O11/c1-32(2)28-37(44(59)50-36(43(48)58)29-34-22-16-14-17-23-34)51-46(61)42(33(3)55)53-41(57)27-21-13-11-9-7-5-4-6-8-10-12-20-26-40(56)49-39(31-54(64)65)45(60)52-38(47(62)63)30-35-24-18-15-19-25-35/h14-19,22-25,32-33,36-39,42,55H,4-13,20-21,26-31H2,1-3H3,(H2,48,58)(H,49,56)(H,50,59)(H,51,61)(H,52,60)(H,53,57)(H,62,63)/t33?,36-,37-,38-,39-,42-/m0/s1. The minimum atomic E-state index is -1.50. The number of nitro groups is 1. The third kappa shape index (κ3) is 24.1. The molecule has 0 aromatic heterocycles. The number of nitrogens with zero attached hydrogens (tertiary/aromatic N) is 1. The highest BCUT2D eigenvalue weighted by atomic mass is 16.6. The Morgan fingerprint density at radius 1 is 0.569 bits per heavy atom. The quantitative estimate of drug-likeness (QED) is 0.0285. The molecule has 18 nitrogen and oxygen atoms in total. The second kappa shape index (κ2) is 31.0. The normalized spacial score (nSPS) is 13.9. The number of amides is 6. The lowest BCUT2D eigenvalue weighted by molar-refractivity contribution is -0.481. The Kier molecular flexibility index (Phi) is 26.4. The molecule has 0 spiro atoms. The number of carbonyl (C=O) groups excluding carboxylic acids is 6. The number of aliphatic hydroxyl groups excluding tert-OH is 1. The van der Waals surface area contributed by atoms with E-state index in [1.54, 1.807) is 30.3 Å². The number of rotatable bonds is 34. The fourth-order valence-electron chi connectivity index (χ4n) is 7.23. The second-order valence-corrected chi connectivity index (χ2v) is 17.1. The zero-order valence-electron chi connectivity index (χ0n) is 38.1. The molecular formula is C47H71N7O11. The third-order valence-corrected chi connectivity index (χ3v) is 10.8. The van der Waals surface area contributed by atoms with Gasteiger partial charge in [-0.1, -0.05) is 139 Å². The van der Waals surface area contributed by atoms with E-state index in [0.717, 1.165) is 69.8 Å². The minimum absolute atomic E-state index is 0.00863. The van der Waals surface area contributed by atoms with Gasteiger partial charge in [-0.3, -0.25) is 38.9 Å². The van der Waals surface area contributed by atoms with Crippen molar-refractivity contribution in [2.75, 3.05) is 6.54 Å². The first-order valence-corrected chi connectivity index (χ1v) is 22.9. The van der Waals surface area contributed by atoms with E-state index in [2.05, 4.69) is 26.6 Å². The summed E-state index contributed by atoms with van der Waals surface area (Å²) >= 11 is 0. The number of primary amides is 1. The van der Waals surface area contributed by atoms with Crippen molar-refractivity contribution >= 4 is 41.4 Å². The summed E-state index contributed by atoms with van der Waals surface area (Å²) in [5.74, 6) is -5.16. The van der Waals surface area contributed by atoms with Crippen LogP contribution in [-0.4, -0.2) is 99.4 Å². The van der Waals surface area contributed by atoms with Crippen LogP contribution >= 0.6 is 0 Å². The number of hydrogen-bond donors (Lipinski definition) is 8. The average molecular weight is 910 g/mol. The summed E-state index contributed by atoms with van der Waals surface area (Å²) in [5, 5.41) is 43.8. The molecule has 9 N–H and O–H groups in total. The zero-order valence-corrected chi connectivity index (χ0v) is 38.1. The number of nitrogens with one attached hydrogen (secondary N) is 5. The maximum Gasteiger partial charge on any atom is 0.326 e. The van der Waals surface area contributed by atoms with Crippen LogP contribution in [0, 0.1) is 16.0 Å². The molecule has 0 radical (unpaired) electrons. The molecule has 360 valence electrons. The van der Waals surface area contributed by atoms with Crippen LogP contribution in [0.1, 0.15) is 128 Å². The summed E-state index contributed by atoms with van der Waals surface area (Å²) in [5.41, 5.74) is 7.04. The monoisotopic (exact) mass is 910 g/mol. The molecule has 0 heterocycles. The van der Waals surface area contributed by atoms with E-state index >= 15 is 0 Å². The van der Waals surface area contributed by atoms with E-state index in [0.29, 0.717) is 18.4 Å². The lowest BCUT2D eigenvalue weighted by Crippen LogP contribution is -2.59. The van der Waals surface area contributed by atoms with Gasteiger partial charge in [0.25, 0.3) is 0 Å². The Morgan fingerprint density at radius 3 is 1.38 bits per heavy atom. The van der Waals surface area contributed by atoms with Crippen molar-refractivity contribution < 1.29 is 48.7 Å². The Labute approximate surface area is 382 Å². The maximum atomic E-state index is 13.3. The molecular weight excluding hydrogens is 839 g/mol. The molecule has 0 aliphatic heterocycles. The van der Waals surface area contributed by atoms with Crippen LogP contribution in [0.4, 0.5) is 0 Å². The molecule has 0 saturated heterocycles. The molecule has 0 fully saturated rings. The maximum absolute atomic E-state index is 13.3. The SMILES string of the molecule is CC(C)C[C@H](NC(=O)[C@@H](NC(=O)CCCCCCCCCCCCCCC(=O)N[C@@H](C[N+](=O)[O-])C(=O)N[C@@H](Cc1ccccc1)C(=O)O)C(C)O)C(=O)N[C@@H](Cc1ccccc1)C(N)=O. The van der Waals surface area contributed by atoms with Crippen molar-refractivity contribution in [2.24, 2.45) is 11.7 Å². The molecule has 0 aliphatic carbocycles. The molecule has 6 amide bonds. The lowest BCUT2D eigenvalue weighted by Gasteiger charge is -2.26. The van der Waals surface area contributed by atoms with Gasteiger partial charge in [-0.2, -0.15) is 0 Å². The van der Waals surface area contributed by atoms with Gasteiger partial charge in [0.2, 0.25) is 42.0 Å². The van der Waals surface area contributed by atoms with Crippen LogP contribution in [0.3, 0.4) is 0 Å². The van der Waals surface area contributed by atoms with E-state index in [1.807, 2.05) is 44.2 Å². The van der Waals surface area contributed by atoms with Crippen molar-refractivity contribution in [3.8, 4) is 0 Å². The van der Waals surface area contributed by atoms with Crippen molar-refractivity contribution in [1.82, 2.24) is 26.6 Å². The first-order chi connectivity index (χ1) is 31.0. The summed E-state index contributed by atoms with van der Waals surface area (Å²) in [6.45, 7) is 4.26. The van der Waals surface area contributed by atoms with Crippen LogP contribution < -0.4 is 32.3 Å². The van der Waals surface area contributed by atoms with Gasteiger partial charge in [0.05, 0.1) is 6.10 Å². The van der Waals surface area contributed by atoms with Crippen molar-refractivity contribution in [3.05, 3.63) is 81.9 Å². The molecule has 1 unspecified atom stereocenters. The summed E-state index contributed by atoms with van der Waals surface area (Å²) in [7, 11) is 0. The number of benzene rings is 2. The van der Waals surface area contributed by atoms with Gasteiger partial charge in [0.15, 0.2) is 6.04 Å². The van der Waals surface area contributed by atoms with Crippen LogP contribution in [-0.2, 0) is 46.4 Å². The molecule has 2 aromatic carbocycles. The van der Waals surface area contributed by atoms with Gasteiger partial charge >= 0.3 is 5.97 Å². The molecule has 65 heavy (non-hydrogen) atoms. The Balaban J connectivity index is 1.62. The van der Waals surface area contributed by atoms with E-state index in [-0.39, 0.29) is 43.9 Å². The highest BCUT2D eigenvalue weighted by molar-refractivity contribution is 5.94. The Hall–Kier alpha value is -5.91. The fraction of sp³-hybridized carbons (Fsp3) is 0.596. The summed E-state index contributed by atoms with van der Waals surface area (Å²) in [6.07, 6.45) is 10.2. The van der Waals surface area contributed by atoms with E-state index in [4.69, 9.17) is 5.73 Å². The van der Waals surface area contributed by atoms with Crippen molar-refractivity contribution in [2.45, 2.75) is 166 Å². The first-order valence-electron chi connectivity index (χ1n) is 22.9. The highest BCUT2D eigenvalue weighted by Crippen LogP contribution is 2.14. The molecule has 0 saturated carbocycles. The van der Waals surface area contributed by atoms with Gasteiger partial charge in [-0.15, -0.1) is 0 Å². The van der Waals surface area contributed by atoms with E-state index < -0.39 is 83.3 Å². The number of hydrogen-bond acceptors (Lipinski definition) is 10. The molecule has 18 heteroatoms. The summed E-state index contributed by atoms with van der Waals surface area (Å²) in [4.78, 5) is 99.1. The first kappa shape index (κ1) is 55.2. The predicted octanol–water partition coefficient (Wildman–Crippen LogP) is 3.63. The largest absolute Gasteiger partial charge is 0.480 e. The van der Waals surface area contributed by atoms with Crippen LogP contribution in [0.25, 0.3) is 0 Å². The Bertz CT molecular complexity index is 1800.